The van der Waals surface area contributed by atoms with Crippen LogP contribution in [0.25, 0.3) is 0 Å². The van der Waals surface area contributed by atoms with Gasteiger partial charge in [-0.05, 0) is 62.4 Å². The van der Waals surface area contributed by atoms with E-state index in [0.29, 0.717) is 53.4 Å². The van der Waals surface area contributed by atoms with Gasteiger partial charge in [-0.15, -0.1) is 17.0 Å². The second-order valence-corrected chi connectivity index (χ2v) is 14.6. The monoisotopic (exact) mass is 920 g/mol. The first kappa shape index (κ1) is 48.7. The van der Waals surface area contributed by atoms with Crippen LogP contribution in [-0.4, -0.2) is 132 Å². The Balaban J connectivity index is 0.000000246. The highest BCUT2D eigenvalue weighted by atomic mass is 79.9. The Morgan fingerprint density at radius 1 is 0.746 bits per heavy atom. The van der Waals surface area contributed by atoms with Gasteiger partial charge in [0.15, 0.2) is 23.0 Å². The highest BCUT2D eigenvalue weighted by Gasteiger charge is 2.31. The van der Waals surface area contributed by atoms with Crippen LogP contribution < -0.4 is 5.32 Å². The number of rotatable bonds is 8. The maximum atomic E-state index is 13.0. The van der Waals surface area contributed by atoms with Crippen LogP contribution in [0.1, 0.15) is 63.0 Å². The SMILES string of the molecule is Br.C.C[C@H]1CN(CC(=O)c2ccc(F)cc2)CCN1.C[C@H]1CN(CC(=O)c2ccc(F)cc2)CCN1C(=O)c1nn(C)cc1Cl.Cn1cc(Cl)c(C(=O)n2ccnc2)n1. The summed E-state index contributed by atoms with van der Waals surface area (Å²) in [6, 6.07) is 11.6. The van der Waals surface area contributed by atoms with Crippen LogP contribution >= 0.6 is 40.2 Å². The van der Waals surface area contributed by atoms with Gasteiger partial charge in [0.05, 0.1) is 23.1 Å². The number of imidazole rings is 1. The molecule has 2 fully saturated rings. The van der Waals surface area contributed by atoms with Crippen molar-refractivity contribution in [3.63, 3.8) is 0 Å². The van der Waals surface area contributed by atoms with Gasteiger partial charge in [-0.1, -0.05) is 30.6 Å². The van der Waals surface area contributed by atoms with Gasteiger partial charge in [0, 0.05) is 101 Å². The number of nitrogens with zero attached hydrogens (tertiary/aromatic N) is 9. The number of carbonyl (C=O) groups excluding carboxylic acids is 4. The molecule has 19 heteroatoms. The standard InChI is InChI=1S/C18H20ClFN4O2.C13H17FN2O.C8H7ClN4O.CH4.BrH/c1-12-9-23(11-16(25)13-3-5-14(20)6-4-13)7-8-24(12)18(26)17-15(19)10-22(2)21-17;1-10-8-16(7-6-15-10)9-13(17)11-2-4-12(14)5-3-11;1-12-4-6(9)7(11-12)8(14)13-3-2-10-5-13;;/h3-6,10,12H,7-9,11H2,1-2H3;2-5,10,15H,6-9H2,1H3;2-5H,1H3;1H4;1H/t12-;10-;;;/m00.../s1. The first-order valence-electron chi connectivity index (χ1n) is 18.2. The lowest BCUT2D eigenvalue weighted by Crippen LogP contribution is -2.55. The Labute approximate surface area is 362 Å². The molecule has 5 heterocycles. The molecule has 1 N–H and O–H groups in total. The summed E-state index contributed by atoms with van der Waals surface area (Å²) in [6.07, 6.45) is 7.65. The molecule has 7 rings (SSSR count). The summed E-state index contributed by atoms with van der Waals surface area (Å²) in [5.74, 6) is -1.17. The zero-order valence-corrected chi connectivity index (χ0v) is 35.6. The Kier molecular flexibility index (Phi) is 18.7. The van der Waals surface area contributed by atoms with Crippen LogP contribution in [0.15, 0.2) is 79.6 Å². The fraction of sp³-hybridized carbons (Fsp3) is 0.375. The number of aromatic nitrogens is 6. The van der Waals surface area contributed by atoms with Crippen LogP contribution in [0.4, 0.5) is 8.78 Å². The zero-order chi connectivity index (χ0) is 41.2. The van der Waals surface area contributed by atoms with E-state index in [4.69, 9.17) is 23.2 Å². The summed E-state index contributed by atoms with van der Waals surface area (Å²) in [6.45, 7) is 9.01. The summed E-state index contributed by atoms with van der Waals surface area (Å²) >= 11 is 11.9. The Morgan fingerprint density at radius 2 is 1.24 bits per heavy atom. The van der Waals surface area contributed by atoms with Crippen molar-refractivity contribution in [2.75, 3.05) is 52.4 Å². The van der Waals surface area contributed by atoms with E-state index in [1.54, 1.807) is 49.7 Å². The molecule has 0 saturated carbocycles. The average molecular weight is 923 g/mol. The first-order chi connectivity index (χ1) is 27.2. The lowest BCUT2D eigenvalue weighted by atomic mass is 10.1. The number of hydrogen-bond donors (Lipinski definition) is 1. The van der Waals surface area contributed by atoms with Gasteiger partial charge in [0.1, 0.15) is 18.0 Å². The van der Waals surface area contributed by atoms with Crippen molar-refractivity contribution >= 4 is 63.6 Å². The van der Waals surface area contributed by atoms with Gasteiger partial charge in [-0.2, -0.15) is 10.2 Å². The highest BCUT2D eigenvalue weighted by Crippen LogP contribution is 2.20. The molecule has 0 spiro atoms. The van der Waals surface area contributed by atoms with Gasteiger partial charge in [-0.3, -0.25) is 42.9 Å². The molecule has 318 valence electrons. The van der Waals surface area contributed by atoms with Crippen LogP contribution in [0.5, 0.6) is 0 Å². The molecule has 1 amide bonds. The van der Waals surface area contributed by atoms with Crippen molar-refractivity contribution in [2.45, 2.75) is 33.4 Å². The number of nitrogens with one attached hydrogen (secondary N) is 1. The lowest BCUT2D eigenvalue weighted by Gasteiger charge is -2.39. The van der Waals surface area contributed by atoms with E-state index in [-0.39, 0.29) is 83.4 Å². The summed E-state index contributed by atoms with van der Waals surface area (Å²) in [5, 5.41) is 12.1. The summed E-state index contributed by atoms with van der Waals surface area (Å²) in [7, 11) is 3.42. The van der Waals surface area contributed by atoms with Crippen molar-refractivity contribution < 1.29 is 28.0 Å². The molecule has 14 nitrogen and oxygen atoms in total. The van der Waals surface area contributed by atoms with Crippen LogP contribution in [0, 0.1) is 11.6 Å². The number of halogens is 5. The minimum absolute atomic E-state index is 0. The molecule has 3 aromatic heterocycles. The van der Waals surface area contributed by atoms with Crippen LogP contribution in [0.2, 0.25) is 10.0 Å². The summed E-state index contributed by atoms with van der Waals surface area (Å²) in [5.41, 5.74) is 1.54. The average Bonchev–Trinajstić information content (AvgIpc) is 3.92. The third-order valence-electron chi connectivity index (χ3n) is 9.20. The van der Waals surface area contributed by atoms with E-state index >= 15 is 0 Å². The minimum Gasteiger partial charge on any atom is -0.332 e. The first-order valence-corrected chi connectivity index (χ1v) is 18.9. The Hall–Kier alpha value is -4.65. The fourth-order valence-electron chi connectivity index (χ4n) is 6.34. The molecule has 5 aromatic rings. The molecular formula is C40H49BrCl2F2N10O4. The van der Waals surface area contributed by atoms with E-state index in [0.717, 1.165) is 19.6 Å². The van der Waals surface area contributed by atoms with Crippen molar-refractivity contribution in [2.24, 2.45) is 14.1 Å². The van der Waals surface area contributed by atoms with Crippen molar-refractivity contribution in [3.8, 4) is 0 Å². The molecule has 0 aliphatic carbocycles. The number of carbonyl (C=O) groups is 4. The van der Waals surface area contributed by atoms with E-state index in [2.05, 4.69) is 32.3 Å². The third-order valence-corrected chi connectivity index (χ3v) is 9.76. The second-order valence-electron chi connectivity index (χ2n) is 13.8. The van der Waals surface area contributed by atoms with Crippen LogP contribution in [-0.2, 0) is 14.1 Å². The highest BCUT2D eigenvalue weighted by molar-refractivity contribution is 8.93. The van der Waals surface area contributed by atoms with Gasteiger partial charge >= 0.3 is 0 Å². The van der Waals surface area contributed by atoms with E-state index in [1.807, 2.05) is 11.8 Å². The maximum Gasteiger partial charge on any atom is 0.285 e. The van der Waals surface area contributed by atoms with Gasteiger partial charge in [0.25, 0.3) is 11.8 Å². The number of piperazine rings is 2. The fourth-order valence-corrected chi connectivity index (χ4v) is 6.86. The molecule has 0 radical (unpaired) electrons. The number of hydrogen-bond acceptors (Lipinski definition) is 10. The third kappa shape index (κ3) is 13.7. The van der Waals surface area contributed by atoms with Crippen molar-refractivity contribution in [3.05, 3.63) is 124 Å². The molecule has 0 unspecified atom stereocenters. The molecule has 2 saturated heterocycles. The van der Waals surface area contributed by atoms with Crippen molar-refractivity contribution in [1.82, 2.24) is 49.1 Å². The van der Waals surface area contributed by atoms with Gasteiger partial charge in [-0.25, -0.2) is 13.8 Å². The van der Waals surface area contributed by atoms with Crippen molar-refractivity contribution in [1.29, 1.82) is 0 Å². The molecule has 2 aromatic carbocycles. The normalized spacial score (nSPS) is 16.6. The number of benzene rings is 2. The topological polar surface area (TPSA) is 143 Å². The predicted octanol–water partition coefficient (Wildman–Crippen LogP) is 5.72. The van der Waals surface area contributed by atoms with E-state index in [9.17, 15) is 28.0 Å². The Bertz CT molecular complexity index is 2150. The number of amides is 1. The summed E-state index contributed by atoms with van der Waals surface area (Å²) < 4.78 is 30.0. The molecule has 2 aliphatic rings. The van der Waals surface area contributed by atoms with Gasteiger partial charge < -0.3 is 10.2 Å². The largest absolute Gasteiger partial charge is 0.332 e. The lowest BCUT2D eigenvalue weighted by molar-refractivity contribution is 0.0477. The van der Waals surface area contributed by atoms with E-state index < -0.39 is 0 Å². The van der Waals surface area contributed by atoms with Gasteiger partial charge in [0.2, 0.25) is 0 Å². The summed E-state index contributed by atoms with van der Waals surface area (Å²) in [4.78, 5) is 58.3. The van der Waals surface area contributed by atoms with Crippen LogP contribution in [0.3, 0.4) is 0 Å². The number of ketones is 2. The number of aryl methyl sites for hydroxylation is 2. The predicted molar refractivity (Wildman–Crippen MR) is 228 cm³/mol. The quantitative estimate of drug-likeness (QED) is 0.192. The Morgan fingerprint density at radius 3 is 1.66 bits per heavy atom. The molecule has 2 atom stereocenters. The molecule has 2 aliphatic heterocycles. The zero-order valence-electron chi connectivity index (χ0n) is 32.4. The molecular weight excluding hydrogens is 873 g/mol. The smallest absolute Gasteiger partial charge is 0.285 e. The molecule has 0 bridgehead atoms. The molecule has 59 heavy (non-hydrogen) atoms. The minimum atomic E-state index is -0.365. The van der Waals surface area contributed by atoms with E-state index in [1.165, 1.54) is 62.9 Å². The number of Topliss-reactive ketones (excluding diaryl/α,β-unsaturated/α-hetero) is 2. The second kappa shape index (κ2) is 22.6. The maximum absolute atomic E-state index is 13.0.